The van der Waals surface area contributed by atoms with Gasteiger partial charge in [-0.25, -0.2) is 0 Å². The number of rotatable bonds is 0. The number of aryl methyl sites for hydroxylation is 2. The molecule has 0 unspecified atom stereocenters. The molecular weight excluding hydrogens is 270 g/mol. The summed E-state index contributed by atoms with van der Waals surface area (Å²) in [5, 5.41) is 23.2. The van der Waals surface area contributed by atoms with E-state index >= 15 is 0 Å². The Morgan fingerprint density at radius 1 is 1.15 bits per heavy atom. The monoisotopic (exact) mass is 287 g/mol. The first-order valence-corrected chi connectivity index (χ1v) is 7.82. The number of hydrogen-bond acceptors (Lipinski definition) is 4. The number of benzene rings is 1. The Labute approximate surface area is 121 Å². The molecule has 4 rings (SSSR count). The first kappa shape index (κ1) is 12.2. The van der Waals surface area contributed by atoms with Gasteiger partial charge in [0.05, 0.1) is 0 Å². The second kappa shape index (κ2) is 4.24. The Balaban J connectivity index is 1.91. The molecule has 1 aromatic carbocycles. The molecule has 1 aromatic heterocycles. The molecule has 2 atom stereocenters. The van der Waals surface area contributed by atoms with Crippen LogP contribution in [0, 0.1) is 6.92 Å². The van der Waals surface area contributed by atoms with Crippen LogP contribution in [0.15, 0.2) is 18.2 Å². The number of hydrogen-bond donors (Lipinski definition) is 3. The second-order valence-corrected chi connectivity index (χ2v) is 7.12. The van der Waals surface area contributed by atoms with Crippen LogP contribution in [0.2, 0.25) is 0 Å². The van der Waals surface area contributed by atoms with Crippen LogP contribution in [-0.4, -0.2) is 16.3 Å². The van der Waals surface area contributed by atoms with Gasteiger partial charge < -0.3 is 15.5 Å². The highest BCUT2D eigenvalue weighted by Gasteiger charge is 2.36. The molecule has 0 fully saturated rings. The molecule has 20 heavy (non-hydrogen) atoms. The standard InChI is InChI=1S/C16H17NO2S/c1-8-4-11-15(20-8)7-17-12-3-2-9-5-13(18)14(19)6-10(9)16(11)12/h4-6,12,16-19H,2-3,7H2,1H3/t12-,16-/m1/s1. The average Bonchev–Trinajstić information content (AvgIpc) is 2.80. The molecular formula is C16H17NO2S. The number of phenols is 2. The van der Waals surface area contributed by atoms with E-state index in [4.69, 9.17) is 0 Å². The normalized spacial score (nSPS) is 23.9. The van der Waals surface area contributed by atoms with Crippen molar-refractivity contribution in [1.82, 2.24) is 5.32 Å². The van der Waals surface area contributed by atoms with E-state index in [-0.39, 0.29) is 11.5 Å². The topological polar surface area (TPSA) is 52.5 Å². The van der Waals surface area contributed by atoms with E-state index in [1.165, 1.54) is 26.4 Å². The smallest absolute Gasteiger partial charge is 0.157 e. The third-order valence-electron chi connectivity index (χ3n) is 4.52. The molecule has 1 aliphatic heterocycles. The van der Waals surface area contributed by atoms with Crippen molar-refractivity contribution in [2.45, 2.75) is 38.3 Å². The highest BCUT2D eigenvalue weighted by atomic mass is 32.1. The summed E-state index contributed by atoms with van der Waals surface area (Å²) >= 11 is 1.85. The van der Waals surface area contributed by atoms with E-state index in [1.54, 1.807) is 12.1 Å². The fourth-order valence-electron chi connectivity index (χ4n) is 3.65. The zero-order valence-corrected chi connectivity index (χ0v) is 12.1. The van der Waals surface area contributed by atoms with Gasteiger partial charge in [0, 0.05) is 28.3 Å². The lowest BCUT2D eigenvalue weighted by molar-refractivity contribution is 0.382. The molecule has 104 valence electrons. The summed E-state index contributed by atoms with van der Waals surface area (Å²) in [7, 11) is 0. The van der Waals surface area contributed by atoms with Crippen LogP contribution in [0.3, 0.4) is 0 Å². The molecule has 0 saturated heterocycles. The van der Waals surface area contributed by atoms with Gasteiger partial charge >= 0.3 is 0 Å². The van der Waals surface area contributed by atoms with E-state index in [0.29, 0.717) is 12.0 Å². The van der Waals surface area contributed by atoms with Crippen molar-refractivity contribution < 1.29 is 10.2 Å². The van der Waals surface area contributed by atoms with E-state index < -0.39 is 0 Å². The molecule has 0 amide bonds. The summed E-state index contributed by atoms with van der Waals surface area (Å²) in [5.41, 5.74) is 3.74. The largest absolute Gasteiger partial charge is 0.504 e. The minimum Gasteiger partial charge on any atom is -0.504 e. The first-order chi connectivity index (χ1) is 9.63. The van der Waals surface area contributed by atoms with Crippen LogP contribution in [0.25, 0.3) is 0 Å². The van der Waals surface area contributed by atoms with E-state index in [2.05, 4.69) is 18.3 Å². The SMILES string of the molecule is Cc1cc2c(s1)CN[C@@H]1CCc3cc(O)c(O)cc3[C@H]21. The summed E-state index contributed by atoms with van der Waals surface area (Å²) in [6, 6.07) is 6.21. The lowest BCUT2D eigenvalue weighted by Gasteiger charge is -2.38. The number of aromatic hydroxyl groups is 2. The van der Waals surface area contributed by atoms with Crippen LogP contribution in [0.5, 0.6) is 11.5 Å². The van der Waals surface area contributed by atoms with Crippen molar-refractivity contribution in [3.05, 3.63) is 44.6 Å². The lowest BCUT2D eigenvalue weighted by atomic mass is 9.74. The van der Waals surface area contributed by atoms with Gasteiger partial charge in [-0.05, 0) is 54.7 Å². The molecule has 0 spiro atoms. The van der Waals surface area contributed by atoms with E-state index in [9.17, 15) is 10.2 Å². The Bertz CT molecular complexity index is 692. The van der Waals surface area contributed by atoms with Crippen LogP contribution < -0.4 is 5.32 Å². The zero-order chi connectivity index (χ0) is 13.9. The van der Waals surface area contributed by atoms with Crippen molar-refractivity contribution in [3.8, 4) is 11.5 Å². The van der Waals surface area contributed by atoms with Crippen molar-refractivity contribution >= 4 is 11.3 Å². The van der Waals surface area contributed by atoms with Crippen LogP contribution >= 0.6 is 11.3 Å². The Morgan fingerprint density at radius 3 is 2.80 bits per heavy atom. The van der Waals surface area contributed by atoms with Gasteiger partial charge in [-0.2, -0.15) is 0 Å². The summed E-state index contributed by atoms with van der Waals surface area (Å²) in [4.78, 5) is 2.75. The molecule has 1 aliphatic carbocycles. The maximum Gasteiger partial charge on any atom is 0.157 e. The Kier molecular flexibility index (Phi) is 2.59. The predicted octanol–water partition coefficient (Wildman–Crippen LogP) is 3.02. The number of fused-ring (bicyclic) bond motifs is 5. The summed E-state index contributed by atoms with van der Waals surface area (Å²) < 4.78 is 0. The van der Waals surface area contributed by atoms with Crippen LogP contribution in [-0.2, 0) is 13.0 Å². The highest BCUT2D eigenvalue weighted by molar-refractivity contribution is 7.12. The Hall–Kier alpha value is -1.52. The fourth-order valence-corrected chi connectivity index (χ4v) is 4.68. The number of phenolic OH excluding ortho intramolecular Hbond substituents is 2. The lowest BCUT2D eigenvalue weighted by Crippen LogP contribution is -2.41. The van der Waals surface area contributed by atoms with Crippen LogP contribution in [0.1, 0.15) is 38.8 Å². The third-order valence-corrected chi connectivity index (χ3v) is 5.59. The van der Waals surface area contributed by atoms with Gasteiger partial charge in [-0.1, -0.05) is 0 Å². The van der Waals surface area contributed by atoms with E-state index in [1.807, 2.05) is 11.3 Å². The van der Waals surface area contributed by atoms with Gasteiger partial charge in [-0.15, -0.1) is 11.3 Å². The van der Waals surface area contributed by atoms with Gasteiger partial charge in [0.25, 0.3) is 0 Å². The third kappa shape index (κ3) is 1.68. The van der Waals surface area contributed by atoms with Crippen molar-refractivity contribution in [2.75, 3.05) is 0 Å². The maximum absolute atomic E-state index is 9.85. The number of nitrogens with one attached hydrogen (secondary N) is 1. The Morgan fingerprint density at radius 2 is 1.95 bits per heavy atom. The molecule has 0 saturated carbocycles. The highest BCUT2D eigenvalue weighted by Crippen LogP contribution is 2.45. The van der Waals surface area contributed by atoms with Crippen LogP contribution in [0.4, 0.5) is 0 Å². The minimum atomic E-state index is -0.0107. The zero-order valence-electron chi connectivity index (χ0n) is 11.3. The molecule has 2 aromatic rings. The van der Waals surface area contributed by atoms with Gasteiger partial charge in [0.2, 0.25) is 0 Å². The quantitative estimate of drug-likeness (QED) is 0.653. The van der Waals surface area contributed by atoms with Gasteiger partial charge in [0.1, 0.15) is 0 Å². The maximum atomic E-state index is 9.85. The number of thiophene rings is 1. The predicted molar refractivity (Wildman–Crippen MR) is 79.6 cm³/mol. The first-order valence-electron chi connectivity index (χ1n) is 7.01. The minimum absolute atomic E-state index is 0.00677. The molecule has 0 radical (unpaired) electrons. The molecule has 3 nitrogen and oxygen atoms in total. The molecule has 2 heterocycles. The summed E-state index contributed by atoms with van der Waals surface area (Å²) in [6.45, 7) is 3.10. The van der Waals surface area contributed by atoms with E-state index in [0.717, 1.165) is 19.4 Å². The summed E-state index contributed by atoms with van der Waals surface area (Å²) in [6.07, 6.45) is 2.03. The van der Waals surface area contributed by atoms with Crippen molar-refractivity contribution in [1.29, 1.82) is 0 Å². The molecule has 2 aliphatic rings. The van der Waals surface area contributed by atoms with Gasteiger partial charge in [0.15, 0.2) is 11.5 Å². The summed E-state index contributed by atoms with van der Waals surface area (Å²) in [5.74, 6) is 0.287. The fraction of sp³-hybridized carbons (Fsp3) is 0.375. The second-order valence-electron chi connectivity index (χ2n) is 5.78. The average molecular weight is 287 g/mol. The van der Waals surface area contributed by atoms with Crippen molar-refractivity contribution in [3.63, 3.8) is 0 Å². The van der Waals surface area contributed by atoms with Gasteiger partial charge in [-0.3, -0.25) is 0 Å². The van der Waals surface area contributed by atoms with Crippen molar-refractivity contribution in [2.24, 2.45) is 0 Å². The molecule has 4 heteroatoms. The molecule has 0 bridgehead atoms. The molecule has 3 N–H and O–H groups in total.